The molecule has 0 aromatic heterocycles. The Balaban J connectivity index is 2.06. The Labute approximate surface area is 113 Å². The Hall–Kier alpha value is -2.16. The molecule has 0 radical (unpaired) electrons. The molecular weight excluding hydrogens is 238 g/mol. The normalized spacial score (nSPS) is 13.9. The molecule has 3 heteroatoms. The molecule has 2 N–H and O–H groups in total. The van der Waals surface area contributed by atoms with E-state index >= 15 is 0 Å². The van der Waals surface area contributed by atoms with Crippen LogP contribution in [0.25, 0.3) is 11.1 Å². The number of hydrogen-bond donors (Lipinski definition) is 1. The molecule has 1 aliphatic heterocycles. The Morgan fingerprint density at radius 2 is 1.74 bits per heavy atom. The van der Waals surface area contributed by atoms with Gasteiger partial charge in [-0.05, 0) is 47.9 Å². The molecule has 98 valence electrons. The summed E-state index contributed by atoms with van der Waals surface area (Å²) in [5, 5.41) is 0. The van der Waals surface area contributed by atoms with Crippen molar-refractivity contribution in [2.75, 3.05) is 18.9 Å². The zero-order valence-corrected chi connectivity index (χ0v) is 11.0. The van der Waals surface area contributed by atoms with Crippen molar-refractivity contribution in [2.45, 2.75) is 13.3 Å². The first kappa shape index (κ1) is 11.9. The van der Waals surface area contributed by atoms with Gasteiger partial charge in [-0.15, -0.1) is 0 Å². The van der Waals surface area contributed by atoms with Gasteiger partial charge in [-0.25, -0.2) is 0 Å². The third-order valence-electron chi connectivity index (χ3n) is 3.32. The number of fused-ring (bicyclic) bond motifs is 1. The summed E-state index contributed by atoms with van der Waals surface area (Å²) in [5.41, 5.74) is 10.1. The third-order valence-corrected chi connectivity index (χ3v) is 3.32. The van der Waals surface area contributed by atoms with Gasteiger partial charge >= 0.3 is 0 Å². The summed E-state index contributed by atoms with van der Waals surface area (Å²) in [7, 11) is 0. The van der Waals surface area contributed by atoms with Gasteiger partial charge in [0.05, 0.1) is 13.2 Å². The molecule has 1 aliphatic rings. The van der Waals surface area contributed by atoms with Crippen LogP contribution in [0.1, 0.15) is 12.0 Å². The lowest BCUT2D eigenvalue weighted by atomic mass is 9.99. The van der Waals surface area contributed by atoms with Gasteiger partial charge in [0.25, 0.3) is 0 Å². The van der Waals surface area contributed by atoms with E-state index in [1.54, 1.807) is 0 Å². The monoisotopic (exact) mass is 255 g/mol. The molecular formula is C16H17NO2. The van der Waals surface area contributed by atoms with E-state index in [2.05, 4.69) is 13.0 Å². The third kappa shape index (κ3) is 2.36. The van der Waals surface area contributed by atoms with Gasteiger partial charge < -0.3 is 15.2 Å². The van der Waals surface area contributed by atoms with E-state index in [1.807, 2.05) is 30.3 Å². The van der Waals surface area contributed by atoms with Crippen LogP contribution in [0.4, 0.5) is 5.69 Å². The molecule has 2 aromatic rings. The van der Waals surface area contributed by atoms with Crippen molar-refractivity contribution in [2.24, 2.45) is 0 Å². The second-order valence-corrected chi connectivity index (χ2v) is 4.79. The highest BCUT2D eigenvalue weighted by Crippen LogP contribution is 2.35. The lowest BCUT2D eigenvalue weighted by Crippen LogP contribution is -1.97. The minimum Gasteiger partial charge on any atom is -0.490 e. The molecule has 0 aliphatic carbocycles. The van der Waals surface area contributed by atoms with Crippen LogP contribution >= 0.6 is 0 Å². The number of hydrogen-bond acceptors (Lipinski definition) is 3. The summed E-state index contributed by atoms with van der Waals surface area (Å²) < 4.78 is 11.4. The number of benzene rings is 2. The lowest BCUT2D eigenvalue weighted by molar-refractivity contribution is 0.297. The molecule has 0 bridgehead atoms. The zero-order valence-electron chi connectivity index (χ0n) is 11.0. The lowest BCUT2D eigenvalue weighted by Gasteiger charge is -2.11. The molecule has 1 heterocycles. The van der Waals surface area contributed by atoms with Crippen molar-refractivity contribution in [3.05, 3.63) is 42.0 Å². The first-order valence-electron chi connectivity index (χ1n) is 6.50. The van der Waals surface area contributed by atoms with Crippen molar-refractivity contribution in [3.8, 4) is 22.6 Å². The van der Waals surface area contributed by atoms with Gasteiger partial charge in [0.15, 0.2) is 11.5 Å². The minimum atomic E-state index is 0.701. The minimum absolute atomic E-state index is 0.701. The Morgan fingerprint density at radius 1 is 0.947 bits per heavy atom. The molecule has 0 saturated carbocycles. The molecule has 0 amide bonds. The van der Waals surface area contributed by atoms with Gasteiger partial charge in [0.2, 0.25) is 0 Å². The smallest absolute Gasteiger partial charge is 0.161 e. The molecule has 19 heavy (non-hydrogen) atoms. The van der Waals surface area contributed by atoms with Gasteiger partial charge in [0.1, 0.15) is 0 Å². The number of nitrogen functional groups attached to an aromatic ring is 1. The standard InChI is InChI=1S/C16H17NO2/c1-11-3-5-13(17)10-14(11)12-4-6-15-16(9-12)19-8-2-7-18-15/h3-6,9-10H,2,7-8,17H2,1H3. The summed E-state index contributed by atoms with van der Waals surface area (Å²) in [6.45, 7) is 3.49. The summed E-state index contributed by atoms with van der Waals surface area (Å²) in [6, 6.07) is 12.0. The second-order valence-electron chi connectivity index (χ2n) is 4.79. The van der Waals surface area contributed by atoms with E-state index in [1.165, 1.54) is 5.56 Å². The van der Waals surface area contributed by atoms with Gasteiger partial charge in [-0.2, -0.15) is 0 Å². The molecule has 0 saturated heterocycles. The maximum Gasteiger partial charge on any atom is 0.161 e. The van der Waals surface area contributed by atoms with Crippen molar-refractivity contribution >= 4 is 5.69 Å². The van der Waals surface area contributed by atoms with E-state index in [0.29, 0.717) is 13.2 Å². The Kier molecular flexibility index (Phi) is 3.03. The van der Waals surface area contributed by atoms with Crippen LogP contribution in [0.3, 0.4) is 0 Å². The molecule has 0 atom stereocenters. The van der Waals surface area contributed by atoms with E-state index in [0.717, 1.165) is 34.7 Å². The van der Waals surface area contributed by atoms with Crippen LogP contribution < -0.4 is 15.2 Å². The predicted molar refractivity (Wildman–Crippen MR) is 76.6 cm³/mol. The molecule has 3 rings (SSSR count). The summed E-state index contributed by atoms with van der Waals surface area (Å²) in [6.07, 6.45) is 0.918. The SMILES string of the molecule is Cc1ccc(N)cc1-c1ccc2c(c1)OCCCO2. The van der Waals surface area contributed by atoms with Crippen LogP contribution in [-0.4, -0.2) is 13.2 Å². The van der Waals surface area contributed by atoms with Crippen molar-refractivity contribution in [1.29, 1.82) is 0 Å². The fraction of sp³-hybridized carbons (Fsp3) is 0.250. The van der Waals surface area contributed by atoms with E-state index < -0.39 is 0 Å². The molecule has 0 unspecified atom stereocenters. The highest BCUT2D eigenvalue weighted by Gasteiger charge is 2.12. The Morgan fingerprint density at radius 3 is 2.58 bits per heavy atom. The molecule has 3 nitrogen and oxygen atoms in total. The maximum atomic E-state index is 5.87. The summed E-state index contributed by atoms with van der Waals surface area (Å²) in [4.78, 5) is 0. The quantitative estimate of drug-likeness (QED) is 0.794. The number of aryl methyl sites for hydroxylation is 1. The van der Waals surface area contributed by atoms with Gasteiger partial charge in [0, 0.05) is 12.1 Å². The molecule has 2 aromatic carbocycles. The van der Waals surface area contributed by atoms with Crippen LogP contribution in [0.15, 0.2) is 36.4 Å². The molecule has 0 spiro atoms. The fourth-order valence-electron chi connectivity index (χ4n) is 2.28. The zero-order chi connectivity index (χ0) is 13.2. The average Bonchev–Trinajstić information content (AvgIpc) is 2.66. The topological polar surface area (TPSA) is 44.5 Å². The highest BCUT2D eigenvalue weighted by atomic mass is 16.5. The highest BCUT2D eigenvalue weighted by molar-refractivity contribution is 5.73. The fourth-order valence-corrected chi connectivity index (χ4v) is 2.28. The predicted octanol–water partition coefficient (Wildman–Crippen LogP) is 3.41. The van der Waals surface area contributed by atoms with Crippen LogP contribution in [-0.2, 0) is 0 Å². The van der Waals surface area contributed by atoms with Gasteiger partial charge in [-0.3, -0.25) is 0 Å². The van der Waals surface area contributed by atoms with Crippen molar-refractivity contribution < 1.29 is 9.47 Å². The first-order valence-corrected chi connectivity index (χ1v) is 6.50. The van der Waals surface area contributed by atoms with Gasteiger partial charge in [-0.1, -0.05) is 12.1 Å². The summed E-state index contributed by atoms with van der Waals surface area (Å²) >= 11 is 0. The number of anilines is 1. The Bertz CT molecular complexity index is 608. The number of rotatable bonds is 1. The van der Waals surface area contributed by atoms with Crippen molar-refractivity contribution in [3.63, 3.8) is 0 Å². The van der Waals surface area contributed by atoms with E-state index in [9.17, 15) is 0 Å². The first-order chi connectivity index (χ1) is 9.24. The van der Waals surface area contributed by atoms with E-state index in [-0.39, 0.29) is 0 Å². The maximum absolute atomic E-state index is 5.87. The van der Waals surface area contributed by atoms with E-state index in [4.69, 9.17) is 15.2 Å². The van der Waals surface area contributed by atoms with Crippen LogP contribution in [0.5, 0.6) is 11.5 Å². The largest absolute Gasteiger partial charge is 0.490 e. The average molecular weight is 255 g/mol. The van der Waals surface area contributed by atoms with Crippen LogP contribution in [0.2, 0.25) is 0 Å². The second kappa shape index (κ2) is 4.84. The van der Waals surface area contributed by atoms with Crippen molar-refractivity contribution in [1.82, 2.24) is 0 Å². The number of nitrogens with two attached hydrogens (primary N) is 1. The molecule has 0 fully saturated rings. The summed E-state index contributed by atoms with van der Waals surface area (Å²) in [5.74, 6) is 1.64. The number of ether oxygens (including phenoxy) is 2. The van der Waals surface area contributed by atoms with Crippen LogP contribution in [0, 0.1) is 6.92 Å².